The van der Waals surface area contributed by atoms with Gasteiger partial charge in [0.2, 0.25) is 5.91 Å². The van der Waals surface area contributed by atoms with Gasteiger partial charge in [0.1, 0.15) is 5.75 Å². The number of unbranched alkanes of at least 4 members (excludes halogenated alkanes) is 1. The first-order chi connectivity index (χ1) is 16.3. The van der Waals surface area contributed by atoms with Crippen molar-refractivity contribution in [2.24, 2.45) is 34.5 Å². The Kier molecular flexibility index (Phi) is 6.54. The second-order valence-electron chi connectivity index (χ2n) is 12.3. The van der Waals surface area contributed by atoms with E-state index in [9.17, 15) is 9.59 Å². The molecule has 1 aliphatic heterocycles. The number of rotatable bonds is 6. The van der Waals surface area contributed by atoms with E-state index >= 15 is 0 Å². The molecule has 1 heterocycles. The van der Waals surface area contributed by atoms with Gasteiger partial charge in [-0.2, -0.15) is 0 Å². The zero-order chi connectivity index (χ0) is 23.9. The van der Waals surface area contributed by atoms with Crippen LogP contribution < -0.4 is 4.74 Å². The number of benzene rings is 1. The normalized spacial score (nSPS) is 39.2. The Balaban J connectivity index is 1.16. The van der Waals surface area contributed by atoms with Gasteiger partial charge in [-0.05, 0) is 104 Å². The number of hydrogen-bond donors (Lipinski definition) is 0. The fraction of sp³-hybridized carbons (Fsp3) is 0.733. The highest BCUT2D eigenvalue weighted by Gasteiger charge is 2.60. The summed E-state index contributed by atoms with van der Waals surface area (Å²) in [5.41, 5.74) is 0.773. The summed E-state index contributed by atoms with van der Waals surface area (Å²) < 4.78 is 5.45. The lowest BCUT2D eigenvalue weighted by atomic mass is 9.46. The molecule has 186 valence electrons. The number of nitrogens with zero attached hydrogens (tertiary/aromatic N) is 1. The maximum absolute atomic E-state index is 12.4. The van der Waals surface area contributed by atoms with E-state index in [0.29, 0.717) is 34.9 Å². The summed E-state index contributed by atoms with van der Waals surface area (Å²) in [7, 11) is 2.05. The number of hydrogen-bond acceptors (Lipinski definition) is 3. The van der Waals surface area contributed by atoms with Crippen molar-refractivity contribution >= 4 is 11.9 Å². The van der Waals surface area contributed by atoms with Crippen LogP contribution in [0.15, 0.2) is 30.3 Å². The van der Waals surface area contributed by atoms with Crippen molar-refractivity contribution in [1.82, 2.24) is 4.90 Å². The molecule has 0 radical (unpaired) electrons. The number of likely N-dealkylation sites (tertiary alicyclic amines) is 1. The molecule has 0 bridgehead atoms. The van der Waals surface area contributed by atoms with E-state index in [1.807, 2.05) is 30.3 Å². The summed E-state index contributed by atoms with van der Waals surface area (Å²) in [6.45, 7) is 5.11. The molecule has 3 unspecified atom stereocenters. The lowest BCUT2D eigenvalue weighted by Crippen LogP contribution is -2.61. The van der Waals surface area contributed by atoms with Gasteiger partial charge in [0.05, 0.1) is 0 Å². The summed E-state index contributed by atoms with van der Waals surface area (Å²) in [6.07, 6.45) is 13.6. The van der Waals surface area contributed by atoms with Crippen molar-refractivity contribution in [2.75, 3.05) is 7.05 Å². The molecule has 4 fully saturated rings. The third kappa shape index (κ3) is 4.09. The van der Waals surface area contributed by atoms with Crippen LogP contribution in [0.25, 0.3) is 0 Å². The Hall–Kier alpha value is -1.84. The van der Waals surface area contributed by atoms with E-state index < -0.39 is 0 Å². The number of carbonyl (C=O) groups is 2. The number of esters is 1. The molecule has 0 spiro atoms. The molecule has 5 rings (SSSR count). The predicted octanol–water partition coefficient (Wildman–Crippen LogP) is 6.63. The maximum atomic E-state index is 12.4. The molecule has 0 N–H and O–H groups in total. The van der Waals surface area contributed by atoms with Gasteiger partial charge in [-0.15, -0.1) is 0 Å². The third-order valence-electron chi connectivity index (χ3n) is 10.9. The number of fused-ring (bicyclic) bond motifs is 5. The van der Waals surface area contributed by atoms with E-state index in [2.05, 4.69) is 25.8 Å². The van der Waals surface area contributed by atoms with Crippen molar-refractivity contribution in [2.45, 2.75) is 96.9 Å². The van der Waals surface area contributed by atoms with Gasteiger partial charge in [-0.25, -0.2) is 0 Å². The Morgan fingerprint density at radius 2 is 1.74 bits per heavy atom. The number of para-hydroxylation sites is 1. The zero-order valence-electron chi connectivity index (χ0n) is 21.4. The van der Waals surface area contributed by atoms with Gasteiger partial charge in [0.25, 0.3) is 0 Å². The quantitative estimate of drug-likeness (QED) is 0.269. The summed E-state index contributed by atoms with van der Waals surface area (Å²) in [4.78, 5) is 26.7. The first-order valence-corrected chi connectivity index (χ1v) is 13.8. The number of carbonyl (C=O) groups excluding carboxylic acids is 2. The highest BCUT2D eigenvalue weighted by Crippen LogP contribution is 2.66. The highest BCUT2D eigenvalue weighted by atomic mass is 16.5. The average molecular weight is 466 g/mol. The van der Waals surface area contributed by atoms with Crippen LogP contribution >= 0.6 is 0 Å². The van der Waals surface area contributed by atoms with Crippen LogP contribution in [0.2, 0.25) is 0 Å². The number of piperidine rings is 1. The molecule has 1 amide bonds. The summed E-state index contributed by atoms with van der Waals surface area (Å²) in [5, 5.41) is 0. The summed E-state index contributed by atoms with van der Waals surface area (Å²) in [5.74, 6) is 4.16. The van der Waals surface area contributed by atoms with Gasteiger partial charge in [-0.3, -0.25) is 9.59 Å². The van der Waals surface area contributed by atoms with Crippen LogP contribution in [0, 0.1) is 34.5 Å². The van der Waals surface area contributed by atoms with Gasteiger partial charge in [-0.1, -0.05) is 38.5 Å². The van der Waals surface area contributed by atoms with Crippen molar-refractivity contribution in [3.05, 3.63) is 30.3 Å². The smallest absolute Gasteiger partial charge is 0.311 e. The van der Waals surface area contributed by atoms with E-state index in [1.165, 1.54) is 44.9 Å². The monoisotopic (exact) mass is 465 g/mol. The molecule has 4 heteroatoms. The van der Waals surface area contributed by atoms with Crippen LogP contribution in [0.4, 0.5) is 0 Å². The zero-order valence-corrected chi connectivity index (χ0v) is 21.4. The molecule has 1 aromatic rings. The molecule has 3 aliphatic carbocycles. The second-order valence-corrected chi connectivity index (χ2v) is 12.3. The van der Waals surface area contributed by atoms with E-state index in [-0.39, 0.29) is 5.97 Å². The topological polar surface area (TPSA) is 46.6 Å². The second kappa shape index (κ2) is 9.32. The first-order valence-electron chi connectivity index (χ1n) is 13.8. The third-order valence-corrected chi connectivity index (χ3v) is 10.9. The van der Waals surface area contributed by atoms with Crippen LogP contribution in [-0.2, 0) is 9.59 Å². The number of ether oxygens (including phenoxy) is 1. The highest BCUT2D eigenvalue weighted by molar-refractivity contribution is 5.77. The van der Waals surface area contributed by atoms with Gasteiger partial charge in [0.15, 0.2) is 0 Å². The van der Waals surface area contributed by atoms with Gasteiger partial charge >= 0.3 is 5.97 Å². The molecule has 7 atom stereocenters. The van der Waals surface area contributed by atoms with Gasteiger partial charge in [0, 0.05) is 25.9 Å². The molecule has 4 aliphatic rings. The van der Waals surface area contributed by atoms with E-state index in [0.717, 1.165) is 49.4 Å². The lowest BCUT2D eigenvalue weighted by Gasteiger charge is -2.62. The molecular weight excluding hydrogens is 422 g/mol. The van der Waals surface area contributed by atoms with Crippen molar-refractivity contribution in [3.63, 3.8) is 0 Å². The molecular formula is C30H43NO3. The number of amides is 1. The summed E-state index contributed by atoms with van der Waals surface area (Å²) in [6, 6.07) is 9.85. The Labute approximate surface area is 205 Å². The molecule has 3 saturated carbocycles. The van der Waals surface area contributed by atoms with E-state index in [1.54, 1.807) is 0 Å². The van der Waals surface area contributed by atoms with Crippen LogP contribution in [-0.4, -0.2) is 29.9 Å². The molecule has 1 aromatic carbocycles. The minimum atomic E-state index is -0.108. The Morgan fingerprint density at radius 1 is 0.971 bits per heavy atom. The minimum absolute atomic E-state index is 0.108. The van der Waals surface area contributed by atoms with Gasteiger partial charge < -0.3 is 9.64 Å². The Bertz CT molecular complexity index is 900. The maximum Gasteiger partial charge on any atom is 0.311 e. The fourth-order valence-corrected chi connectivity index (χ4v) is 9.06. The molecule has 4 nitrogen and oxygen atoms in total. The van der Waals surface area contributed by atoms with Crippen LogP contribution in [0.3, 0.4) is 0 Å². The van der Waals surface area contributed by atoms with Crippen molar-refractivity contribution < 1.29 is 14.3 Å². The van der Waals surface area contributed by atoms with Crippen molar-refractivity contribution in [3.8, 4) is 5.75 Å². The first kappa shape index (κ1) is 23.9. The standard InChI is InChI=1S/C30H43NO3/c1-29-19-17-25-23(14-16-26-30(25,2)20-18-27(32)31(26)3)24(29)15-13-21(29)9-7-8-12-28(33)34-22-10-5-4-6-11-22/h4-6,10-11,21,23-26H,7-9,12-20H2,1-3H3/t21-,23?,24?,25?,26+,29+,30+/m0/s1. The average Bonchev–Trinajstić information content (AvgIpc) is 3.16. The Morgan fingerprint density at radius 3 is 2.53 bits per heavy atom. The molecule has 0 aromatic heterocycles. The van der Waals surface area contributed by atoms with Crippen LogP contribution in [0.1, 0.15) is 90.9 Å². The largest absolute Gasteiger partial charge is 0.427 e. The SMILES string of the molecule is CN1C(=O)CC[C@]2(C)C3CC[C@@]4(C)C(CC[C@@H]4CCCCC(=O)Oc4ccccc4)C3CC[C@@H]12. The van der Waals surface area contributed by atoms with Crippen molar-refractivity contribution in [1.29, 1.82) is 0 Å². The van der Waals surface area contributed by atoms with Crippen LogP contribution in [0.5, 0.6) is 5.75 Å². The molecule has 34 heavy (non-hydrogen) atoms. The fourth-order valence-electron chi connectivity index (χ4n) is 9.06. The summed E-state index contributed by atoms with van der Waals surface area (Å²) >= 11 is 0. The van der Waals surface area contributed by atoms with E-state index in [4.69, 9.17) is 4.74 Å². The lowest BCUT2D eigenvalue weighted by molar-refractivity contribution is -0.158. The minimum Gasteiger partial charge on any atom is -0.427 e. The predicted molar refractivity (Wildman–Crippen MR) is 134 cm³/mol. The molecule has 1 saturated heterocycles.